The highest BCUT2D eigenvalue weighted by atomic mass is 32.1. The van der Waals surface area contributed by atoms with E-state index in [0.717, 1.165) is 0 Å². The van der Waals surface area contributed by atoms with Gasteiger partial charge in [-0.3, -0.25) is 0 Å². The lowest BCUT2D eigenvalue weighted by molar-refractivity contribution is 0.237. The van der Waals surface area contributed by atoms with Crippen LogP contribution in [0.3, 0.4) is 0 Å². The van der Waals surface area contributed by atoms with Crippen LogP contribution < -0.4 is 5.32 Å². The lowest BCUT2D eigenvalue weighted by Crippen LogP contribution is -2.30. The summed E-state index contributed by atoms with van der Waals surface area (Å²) >= 11 is 1.79. The van der Waals surface area contributed by atoms with E-state index in [2.05, 4.69) is 39.1 Å². The summed E-state index contributed by atoms with van der Waals surface area (Å²) in [5.41, 5.74) is 1.24. The number of aliphatic hydroxyl groups is 1. The van der Waals surface area contributed by atoms with Gasteiger partial charge in [0.1, 0.15) is 0 Å². The molecule has 3 heteroatoms. The third kappa shape index (κ3) is 2.80. The zero-order chi connectivity index (χ0) is 10.7. The molecule has 0 amide bonds. The van der Waals surface area contributed by atoms with Crippen LogP contribution >= 0.6 is 11.3 Å². The Morgan fingerprint density at radius 3 is 2.43 bits per heavy atom. The van der Waals surface area contributed by atoms with Crippen molar-refractivity contribution in [3.05, 3.63) is 21.4 Å². The molecule has 80 valence electrons. The van der Waals surface area contributed by atoms with E-state index >= 15 is 0 Å². The highest BCUT2D eigenvalue weighted by Crippen LogP contribution is 2.26. The number of thiophene rings is 1. The van der Waals surface area contributed by atoms with Crippen molar-refractivity contribution in [3.63, 3.8) is 0 Å². The highest BCUT2D eigenvalue weighted by molar-refractivity contribution is 7.12. The Labute approximate surface area is 90.0 Å². The Hall–Kier alpha value is -0.380. The number of nitrogens with one attached hydrogen (secondary N) is 1. The Morgan fingerprint density at radius 2 is 2.07 bits per heavy atom. The van der Waals surface area contributed by atoms with Crippen LogP contribution in [0.4, 0.5) is 0 Å². The standard InChI is InChI=1S/C11H19NOS/c1-7(2)12-11(6-13)10-5-8(3)14-9(10)4/h5,7,11-13H,6H2,1-4H3. The van der Waals surface area contributed by atoms with Crippen molar-refractivity contribution in [1.82, 2.24) is 5.32 Å². The molecule has 0 aliphatic carbocycles. The van der Waals surface area contributed by atoms with Crippen LogP contribution in [0.15, 0.2) is 6.07 Å². The second kappa shape index (κ2) is 4.91. The summed E-state index contributed by atoms with van der Waals surface area (Å²) in [6.45, 7) is 8.56. The van der Waals surface area contributed by atoms with Gasteiger partial charge in [-0.15, -0.1) is 11.3 Å². The predicted octanol–water partition coefficient (Wildman–Crippen LogP) is 2.40. The minimum absolute atomic E-state index is 0.0833. The smallest absolute Gasteiger partial charge is 0.0627 e. The second-order valence-electron chi connectivity index (χ2n) is 3.93. The molecule has 0 fully saturated rings. The van der Waals surface area contributed by atoms with Gasteiger partial charge in [0.05, 0.1) is 12.6 Å². The van der Waals surface area contributed by atoms with Crippen molar-refractivity contribution in [2.45, 2.75) is 39.8 Å². The van der Waals surface area contributed by atoms with Crippen molar-refractivity contribution in [2.24, 2.45) is 0 Å². The van der Waals surface area contributed by atoms with Crippen LogP contribution in [0.5, 0.6) is 0 Å². The third-order valence-electron chi connectivity index (χ3n) is 2.17. The maximum Gasteiger partial charge on any atom is 0.0627 e. The summed E-state index contributed by atoms with van der Waals surface area (Å²) in [6, 6.07) is 2.64. The van der Waals surface area contributed by atoms with Gasteiger partial charge >= 0.3 is 0 Å². The molecule has 0 radical (unpaired) electrons. The van der Waals surface area contributed by atoms with Gasteiger partial charge in [0, 0.05) is 15.8 Å². The number of hydrogen-bond donors (Lipinski definition) is 2. The average Bonchev–Trinajstić information content (AvgIpc) is 2.41. The molecule has 1 aromatic rings. The molecular formula is C11H19NOS. The van der Waals surface area contributed by atoms with E-state index in [1.54, 1.807) is 11.3 Å². The normalized spacial score (nSPS) is 13.6. The highest BCUT2D eigenvalue weighted by Gasteiger charge is 2.15. The molecule has 2 nitrogen and oxygen atoms in total. The summed E-state index contributed by atoms with van der Waals surface area (Å²) in [6.07, 6.45) is 0. The van der Waals surface area contributed by atoms with Gasteiger partial charge in [0.15, 0.2) is 0 Å². The van der Waals surface area contributed by atoms with E-state index in [1.165, 1.54) is 15.3 Å². The van der Waals surface area contributed by atoms with Crippen LogP contribution in [0.2, 0.25) is 0 Å². The van der Waals surface area contributed by atoms with Crippen LogP contribution in [-0.2, 0) is 0 Å². The van der Waals surface area contributed by atoms with Crippen LogP contribution in [0.25, 0.3) is 0 Å². The van der Waals surface area contributed by atoms with Gasteiger partial charge < -0.3 is 10.4 Å². The largest absolute Gasteiger partial charge is 0.394 e. The van der Waals surface area contributed by atoms with Crippen LogP contribution in [0, 0.1) is 13.8 Å². The molecule has 14 heavy (non-hydrogen) atoms. The predicted molar refractivity (Wildman–Crippen MR) is 61.9 cm³/mol. The average molecular weight is 213 g/mol. The molecule has 0 bridgehead atoms. The van der Waals surface area contributed by atoms with Crippen molar-refractivity contribution in [2.75, 3.05) is 6.61 Å². The summed E-state index contributed by atoms with van der Waals surface area (Å²) < 4.78 is 0. The molecule has 0 saturated carbocycles. The molecule has 0 spiro atoms. The molecule has 2 N–H and O–H groups in total. The van der Waals surface area contributed by atoms with Crippen molar-refractivity contribution < 1.29 is 5.11 Å². The zero-order valence-corrected chi connectivity index (χ0v) is 10.1. The van der Waals surface area contributed by atoms with Gasteiger partial charge in [0.25, 0.3) is 0 Å². The van der Waals surface area contributed by atoms with E-state index in [9.17, 15) is 5.11 Å². The first kappa shape index (κ1) is 11.7. The van der Waals surface area contributed by atoms with E-state index in [0.29, 0.717) is 6.04 Å². The Balaban J connectivity index is 2.83. The van der Waals surface area contributed by atoms with E-state index < -0.39 is 0 Å². The summed E-state index contributed by atoms with van der Waals surface area (Å²) in [5.74, 6) is 0. The number of aliphatic hydroxyl groups excluding tert-OH is 1. The third-order valence-corrected chi connectivity index (χ3v) is 3.15. The van der Waals surface area contributed by atoms with Crippen molar-refractivity contribution in [1.29, 1.82) is 0 Å². The van der Waals surface area contributed by atoms with Gasteiger partial charge in [-0.1, -0.05) is 13.8 Å². The molecule has 0 saturated heterocycles. The molecule has 1 atom stereocenters. The van der Waals surface area contributed by atoms with Gasteiger partial charge in [0.2, 0.25) is 0 Å². The molecule has 1 aromatic heterocycles. The van der Waals surface area contributed by atoms with E-state index in [-0.39, 0.29) is 12.6 Å². The fourth-order valence-corrected chi connectivity index (χ4v) is 2.63. The number of rotatable bonds is 4. The Kier molecular flexibility index (Phi) is 4.11. The van der Waals surface area contributed by atoms with Crippen molar-refractivity contribution in [3.8, 4) is 0 Å². The second-order valence-corrected chi connectivity index (χ2v) is 5.39. The summed E-state index contributed by atoms with van der Waals surface area (Å²) in [7, 11) is 0. The van der Waals surface area contributed by atoms with Crippen LogP contribution in [-0.4, -0.2) is 17.8 Å². The van der Waals surface area contributed by atoms with Gasteiger partial charge in [-0.25, -0.2) is 0 Å². The summed E-state index contributed by atoms with van der Waals surface area (Å²) in [4.78, 5) is 2.61. The van der Waals surface area contributed by atoms with E-state index in [1.807, 2.05) is 0 Å². The lowest BCUT2D eigenvalue weighted by atomic mass is 10.1. The topological polar surface area (TPSA) is 32.3 Å². The molecule has 1 rings (SSSR count). The number of aryl methyl sites for hydroxylation is 2. The number of hydrogen-bond acceptors (Lipinski definition) is 3. The Bertz CT molecular complexity index is 293. The first-order valence-corrected chi connectivity index (χ1v) is 5.80. The molecule has 0 aromatic carbocycles. The molecule has 1 unspecified atom stereocenters. The molecule has 0 aliphatic heterocycles. The first-order valence-electron chi connectivity index (χ1n) is 4.98. The SMILES string of the molecule is Cc1cc(C(CO)NC(C)C)c(C)s1. The molecule has 1 heterocycles. The van der Waals surface area contributed by atoms with Gasteiger partial charge in [-0.2, -0.15) is 0 Å². The van der Waals surface area contributed by atoms with E-state index in [4.69, 9.17) is 0 Å². The maximum absolute atomic E-state index is 9.30. The quantitative estimate of drug-likeness (QED) is 0.805. The van der Waals surface area contributed by atoms with Gasteiger partial charge in [-0.05, 0) is 25.5 Å². The fourth-order valence-electron chi connectivity index (χ4n) is 1.64. The molecule has 0 aliphatic rings. The first-order chi connectivity index (χ1) is 6.54. The van der Waals surface area contributed by atoms with Crippen molar-refractivity contribution >= 4 is 11.3 Å². The van der Waals surface area contributed by atoms with Crippen LogP contribution in [0.1, 0.15) is 35.2 Å². The zero-order valence-electron chi connectivity index (χ0n) is 9.29. The lowest BCUT2D eigenvalue weighted by Gasteiger charge is -2.19. The minimum atomic E-state index is 0.0833. The maximum atomic E-state index is 9.30. The molecular weight excluding hydrogens is 194 g/mol. The summed E-state index contributed by atoms with van der Waals surface area (Å²) in [5, 5.41) is 12.7. The monoisotopic (exact) mass is 213 g/mol. The minimum Gasteiger partial charge on any atom is -0.394 e. The fraction of sp³-hybridized carbons (Fsp3) is 0.636. The Morgan fingerprint density at radius 1 is 1.43 bits per heavy atom.